The van der Waals surface area contributed by atoms with Gasteiger partial charge in [-0.2, -0.15) is 0 Å². The van der Waals surface area contributed by atoms with Crippen molar-refractivity contribution in [2.45, 2.75) is 141 Å². The van der Waals surface area contributed by atoms with Crippen LogP contribution in [0.25, 0.3) is 0 Å². The lowest BCUT2D eigenvalue weighted by Crippen LogP contribution is -2.58. The van der Waals surface area contributed by atoms with Crippen LogP contribution in [0.3, 0.4) is 0 Å². The van der Waals surface area contributed by atoms with Crippen molar-refractivity contribution in [2.24, 2.45) is 46.3 Å². The van der Waals surface area contributed by atoms with Crippen molar-refractivity contribution in [3.05, 3.63) is 11.6 Å². The zero-order chi connectivity index (χ0) is 28.2. The number of ether oxygens (including phenoxy) is 3. The Balaban J connectivity index is 1.06. The number of aliphatic hydroxyl groups excluding tert-OH is 3. The second-order valence-electron chi connectivity index (χ2n) is 15.6. The number of piperidine rings is 1. The normalized spacial score (nSPS) is 59.5. The second-order valence-corrected chi connectivity index (χ2v) is 15.6. The van der Waals surface area contributed by atoms with Crippen LogP contribution in [-0.4, -0.2) is 70.5 Å². The molecule has 0 aromatic carbocycles. The molecular weight excluding hydrogens is 506 g/mol. The van der Waals surface area contributed by atoms with Crippen LogP contribution in [0.5, 0.6) is 0 Å². The van der Waals surface area contributed by atoms with E-state index in [1.54, 1.807) is 6.92 Å². The van der Waals surface area contributed by atoms with E-state index in [0.717, 1.165) is 56.4 Å². The van der Waals surface area contributed by atoms with Crippen molar-refractivity contribution in [3.8, 4) is 0 Å². The van der Waals surface area contributed by atoms with Crippen LogP contribution < -0.4 is 5.32 Å². The minimum Gasteiger partial charge on any atom is -0.388 e. The number of fused-ring (bicyclic) bond motifs is 7. The third kappa shape index (κ3) is 4.01. The van der Waals surface area contributed by atoms with Crippen molar-refractivity contribution in [2.75, 3.05) is 6.54 Å². The highest BCUT2D eigenvalue weighted by Gasteiger charge is 2.68. The van der Waals surface area contributed by atoms with Gasteiger partial charge in [0.2, 0.25) is 0 Å². The summed E-state index contributed by atoms with van der Waals surface area (Å²) in [5, 5.41) is 34.7. The van der Waals surface area contributed by atoms with Gasteiger partial charge in [0, 0.05) is 12.5 Å². The molecule has 7 aliphatic rings. The first-order valence-electron chi connectivity index (χ1n) is 16.4. The monoisotopic (exact) mass is 559 g/mol. The molecule has 16 unspecified atom stereocenters. The van der Waals surface area contributed by atoms with Gasteiger partial charge in [0.25, 0.3) is 0 Å². The summed E-state index contributed by atoms with van der Waals surface area (Å²) in [6.07, 6.45) is 8.12. The molecule has 3 saturated carbocycles. The van der Waals surface area contributed by atoms with Crippen LogP contribution >= 0.6 is 0 Å². The van der Waals surface area contributed by atoms with Crippen LogP contribution in [0.2, 0.25) is 0 Å². The van der Waals surface area contributed by atoms with Crippen LogP contribution in [-0.2, 0) is 14.2 Å². The largest absolute Gasteiger partial charge is 0.388 e. The van der Waals surface area contributed by atoms with Crippen LogP contribution in [0.15, 0.2) is 11.6 Å². The number of rotatable bonds is 2. The van der Waals surface area contributed by atoms with E-state index < -0.39 is 30.7 Å². The van der Waals surface area contributed by atoms with Crippen molar-refractivity contribution in [3.63, 3.8) is 0 Å². The Morgan fingerprint density at radius 3 is 2.50 bits per heavy atom. The molecule has 1 spiro atoms. The average molecular weight is 560 g/mol. The number of hydrogen-bond acceptors (Lipinski definition) is 7. The molecule has 40 heavy (non-hydrogen) atoms. The Labute approximate surface area is 240 Å². The lowest BCUT2D eigenvalue weighted by Gasteiger charge is -2.59. The van der Waals surface area contributed by atoms with Crippen LogP contribution in [0.1, 0.15) is 92.4 Å². The van der Waals surface area contributed by atoms with E-state index in [1.165, 1.54) is 31.3 Å². The quantitative estimate of drug-likeness (QED) is 0.378. The first-order chi connectivity index (χ1) is 19.0. The lowest BCUT2D eigenvalue weighted by atomic mass is 9.47. The molecule has 16 atom stereocenters. The smallest absolute Gasteiger partial charge is 0.186 e. The van der Waals surface area contributed by atoms with Gasteiger partial charge < -0.3 is 29.5 Å². The molecule has 7 heteroatoms. The molecule has 7 rings (SSSR count). The Kier molecular flexibility index (Phi) is 6.87. The van der Waals surface area contributed by atoms with Gasteiger partial charge in [0.05, 0.1) is 18.3 Å². The van der Waals surface area contributed by atoms with E-state index in [9.17, 15) is 15.3 Å². The molecule has 0 radical (unpaired) electrons. The summed E-state index contributed by atoms with van der Waals surface area (Å²) in [6.45, 7) is 12.8. The highest BCUT2D eigenvalue weighted by atomic mass is 16.7. The van der Waals surface area contributed by atoms with E-state index in [2.05, 4.69) is 39.1 Å². The SMILES string of the molecule is CC1CCC2(NC1)OC1CC3C4CC=C5CC(OC6OC(C)C(O)C(O)C6O)CCC5(C)C4CCC3(C)C1C2C. The summed E-state index contributed by atoms with van der Waals surface area (Å²) in [7, 11) is 0. The van der Waals surface area contributed by atoms with Gasteiger partial charge >= 0.3 is 0 Å². The number of aliphatic hydroxyl groups is 3. The van der Waals surface area contributed by atoms with Gasteiger partial charge in [-0.3, -0.25) is 5.32 Å². The van der Waals surface area contributed by atoms with E-state index in [1.807, 2.05) is 0 Å². The van der Waals surface area contributed by atoms with E-state index >= 15 is 0 Å². The Morgan fingerprint density at radius 2 is 1.75 bits per heavy atom. The molecule has 7 nitrogen and oxygen atoms in total. The maximum Gasteiger partial charge on any atom is 0.186 e. The molecule has 3 heterocycles. The van der Waals surface area contributed by atoms with Crippen molar-refractivity contribution < 1.29 is 29.5 Å². The van der Waals surface area contributed by atoms with Gasteiger partial charge in [0.1, 0.15) is 24.0 Å². The minimum absolute atomic E-state index is 0.0407. The standard InChI is InChI=1S/C33H53NO6/c1-17-8-13-33(34-16-17)18(2)26-25(40-33)15-24-22-7-6-20-14-21(39-30-29(37)28(36)27(35)19(3)38-30)9-11-31(20,4)23(22)10-12-32(24,26)5/h6,17-19,21-30,34-37H,7-16H2,1-5H3. The average Bonchev–Trinajstić information content (AvgIpc) is 3.37. The maximum absolute atomic E-state index is 10.5. The summed E-state index contributed by atoms with van der Waals surface area (Å²) in [5.74, 6) is 4.12. The molecule has 3 aliphatic heterocycles. The third-order valence-electron chi connectivity index (χ3n) is 13.7. The van der Waals surface area contributed by atoms with Crippen molar-refractivity contribution in [1.29, 1.82) is 0 Å². The Hall–Kier alpha value is -0.540. The molecule has 4 N–H and O–H groups in total. The summed E-state index contributed by atoms with van der Waals surface area (Å²) in [4.78, 5) is 0. The first-order valence-corrected chi connectivity index (χ1v) is 16.4. The fraction of sp³-hybridized carbons (Fsp3) is 0.939. The lowest BCUT2D eigenvalue weighted by molar-refractivity contribution is -0.305. The van der Waals surface area contributed by atoms with E-state index in [-0.39, 0.29) is 17.2 Å². The van der Waals surface area contributed by atoms with Crippen molar-refractivity contribution in [1.82, 2.24) is 5.32 Å². The van der Waals surface area contributed by atoms with Crippen LogP contribution in [0.4, 0.5) is 0 Å². The first kappa shape index (κ1) is 28.2. The number of allylic oxidation sites excluding steroid dienone is 1. The molecule has 4 aliphatic carbocycles. The van der Waals surface area contributed by atoms with E-state index in [4.69, 9.17) is 14.2 Å². The Bertz CT molecular complexity index is 1010. The van der Waals surface area contributed by atoms with Crippen molar-refractivity contribution >= 4 is 0 Å². The molecular formula is C33H53NO6. The predicted molar refractivity (Wildman–Crippen MR) is 151 cm³/mol. The predicted octanol–water partition coefficient (Wildman–Crippen LogP) is 4.14. The number of hydrogen-bond donors (Lipinski definition) is 4. The molecule has 0 amide bonds. The summed E-state index contributed by atoms with van der Waals surface area (Å²) in [5.41, 5.74) is 1.98. The van der Waals surface area contributed by atoms with Gasteiger partial charge in [-0.05, 0) is 105 Å². The summed E-state index contributed by atoms with van der Waals surface area (Å²) >= 11 is 0. The third-order valence-corrected chi connectivity index (χ3v) is 13.7. The maximum atomic E-state index is 10.5. The van der Waals surface area contributed by atoms with Gasteiger partial charge in [-0.25, -0.2) is 0 Å². The second kappa shape index (κ2) is 9.73. The minimum atomic E-state index is -1.25. The summed E-state index contributed by atoms with van der Waals surface area (Å²) < 4.78 is 19.1. The fourth-order valence-corrected chi connectivity index (χ4v) is 11.3. The van der Waals surface area contributed by atoms with Gasteiger partial charge in [-0.1, -0.05) is 39.3 Å². The highest BCUT2D eigenvalue weighted by Crippen LogP contribution is 2.70. The van der Waals surface area contributed by atoms with Gasteiger partial charge in [0.15, 0.2) is 6.29 Å². The Morgan fingerprint density at radius 1 is 0.950 bits per heavy atom. The topological polar surface area (TPSA) is 100 Å². The summed E-state index contributed by atoms with van der Waals surface area (Å²) in [6, 6.07) is 0. The zero-order valence-electron chi connectivity index (χ0n) is 25.2. The highest BCUT2D eigenvalue weighted by molar-refractivity contribution is 5.26. The molecule has 0 aromatic rings. The van der Waals surface area contributed by atoms with Crippen LogP contribution in [0, 0.1) is 46.3 Å². The molecule has 6 fully saturated rings. The van der Waals surface area contributed by atoms with Gasteiger partial charge in [-0.15, -0.1) is 0 Å². The molecule has 0 aromatic heterocycles. The van der Waals surface area contributed by atoms with E-state index in [0.29, 0.717) is 29.3 Å². The molecule has 0 bridgehead atoms. The zero-order valence-corrected chi connectivity index (χ0v) is 25.2. The molecule has 3 saturated heterocycles. The number of nitrogens with one attached hydrogen (secondary N) is 1. The molecule has 226 valence electrons. The fourth-order valence-electron chi connectivity index (χ4n) is 11.3.